The van der Waals surface area contributed by atoms with E-state index in [-0.39, 0.29) is 0 Å². The molecular formula is C60H37N7O. The topological polar surface area (TPSA) is 95.4 Å². The zero-order chi connectivity index (χ0) is 45.0. The smallest absolute Gasteiger partial charge is 0.164 e. The van der Waals surface area contributed by atoms with Crippen molar-refractivity contribution in [2.75, 3.05) is 0 Å². The minimum absolute atomic E-state index is 0.567. The van der Waals surface area contributed by atoms with Gasteiger partial charge in [-0.05, 0) is 71.8 Å². The van der Waals surface area contributed by atoms with Crippen molar-refractivity contribution in [3.63, 3.8) is 0 Å². The summed E-state index contributed by atoms with van der Waals surface area (Å²) in [4.78, 5) is 30.5. The average molecular weight is 872 g/mol. The minimum Gasteiger partial charge on any atom is -0.456 e. The molecule has 8 heteroatoms. The van der Waals surface area contributed by atoms with E-state index in [2.05, 4.69) is 95.6 Å². The molecule has 0 aliphatic rings. The molecular weight excluding hydrogens is 835 g/mol. The first-order valence-electron chi connectivity index (χ1n) is 22.5. The molecule has 68 heavy (non-hydrogen) atoms. The molecule has 0 fully saturated rings. The maximum atomic E-state index is 6.28. The van der Waals surface area contributed by atoms with E-state index in [1.54, 1.807) is 0 Å². The molecule has 0 spiro atoms. The van der Waals surface area contributed by atoms with Crippen LogP contribution in [0.4, 0.5) is 0 Å². The Hall–Kier alpha value is -9.40. The zero-order valence-corrected chi connectivity index (χ0v) is 36.4. The Kier molecular flexibility index (Phi) is 9.31. The molecule has 8 nitrogen and oxygen atoms in total. The second-order valence-electron chi connectivity index (χ2n) is 16.7. The number of furan rings is 1. The molecule has 0 atom stereocenters. The molecule has 13 aromatic rings. The lowest BCUT2D eigenvalue weighted by atomic mass is 9.99. The first-order valence-corrected chi connectivity index (χ1v) is 22.5. The summed E-state index contributed by atoms with van der Waals surface area (Å²) in [6, 6.07) is 76.6. The molecule has 4 heterocycles. The molecule has 0 aliphatic heterocycles. The third-order valence-corrected chi connectivity index (χ3v) is 12.5. The van der Waals surface area contributed by atoms with Crippen molar-refractivity contribution < 1.29 is 4.42 Å². The highest BCUT2D eigenvalue weighted by molar-refractivity contribution is 6.11. The lowest BCUT2D eigenvalue weighted by Crippen LogP contribution is -2.02. The molecule has 13 rings (SSSR count). The number of benzene rings is 9. The van der Waals surface area contributed by atoms with Crippen LogP contribution in [0.25, 0.3) is 129 Å². The van der Waals surface area contributed by atoms with Crippen molar-refractivity contribution in [1.82, 2.24) is 34.5 Å². The molecule has 0 unspecified atom stereocenters. The van der Waals surface area contributed by atoms with Crippen LogP contribution in [0.1, 0.15) is 0 Å². The molecule has 0 saturated heterocycles. The molecule has 0 saturated carbocycles. The van der Waals surface area contributed by atoms with Crippen LogP contribution in [0.3, 0.4) is 0 Å². The molecule has 4 aromatic heterocycles. The summed E-state index contributed by atoms with van der Waals surface area (Å²) < 4.78 is 8.62. The molecule has 0 radical (unpaired) electrons. The highest BCUT2D eigenvalue weighted by Gasteiger charge is 2.20. The molecule has 9 aromatic carbocycles. The van der Waals surface area contributed by atoms with Gasteiger partial charge in [-0.15, -0.1) is 0 Å². The number of nitrogens with zero attached hydrogens (tertiary/aromatic N) is 7. The van der Waals surface area contributed by atoms with E-state index in [0.29, 0.717) is 34.9 Å². The van der Waals surface area contributed by atoms with Gasteiger partial charge in [-0.3, -0.25) is 0 Å². The normalized spacial score (nSPS) is 11.5. The highest BCUT2D eigenvalue weighted by Crippen LogP contribution is 2.39. The molecule has 0 bridgehead atoms. The van der Waals surface area contributed by atoms with Crippen molar-refractivity contribution in [3.05, 3.63) is 224 Å². The second kappa shape index (κ2) is 16.2. The minimum atomic E-state index is 0.567. The van der Waals surface area contributed by atoms with Gasteiger partial charge >= 0.3 is 0 Å². The predicted molar refractivity (Wildman–Crippen MR) is 273 cm³/mol. The van der Waals surface area contributed by atoms with Crippen LogP contribution in [0, 0.1) is 0 Å². The summed E-state index contributed by atoms with van der Waals surface area (Å²) in [5.41, 5.74) is 12.2. The lowest BCUT2D eigenvalue weighted by Gasteiger charge is -2.15. The maximum absolute atomic E-state index is 6.28. The van der Waals surface area contributed by atoms with Gasteiger partial charge in [0.15, 0.2) is 34.9 Å². The SMILES string of the molecule is c1ccc(-c2nc(-c3ccccc3)nc(-c3cc(-c4ccc5oc6ccccc6c5c4)cc(-n4c5ccccc5c5cc(-c6nc(-c7ccccc7)nc(-c7ccccc7)n6)ccc54)c3)n2)cc1. The van der Waals surface area contributed by atoms with Crippen molar-refractivity contribution in [1.29, 1.82) is 0 Å². The van der Waals surface area contributed by atoms with E-state index in [0.717, 1.165) is 93.9 Å². The summed E-state index contributed by atoms with van der Waals surface area (Å²) in [5, 5.41) is 4.29. The third-order valence-electron chi connectivity index (χ3n) is 12.5. The van der Waals surface area contributed by atoms with Crippen molar-refractivity contribution >= 4 is 43.7 Å². The van der Waals surface area contributed by atoms with Gasteiger partial charge in [-0.25, -0.2) is 29.9 Å². The second-order valence-corrected chi connectivity index (χ2v) is 16.7. The summed E-state index contributed by atoms with van der Waals surface area (Å²) >= 11 is 0. The van der Waals surface area contributed by atoms with Gasteiger partial charge in [0.05, 0.1) is 11.0 Å². The zero-order valence-electron chi connectivity index (χ0n) is 36.4. The average Bonchev–Trinajstić information content (AvgIpc) is 3.96. The number of aromatic nitrogens is 7. The maximum Gasteiger partial charge on any atom is 0.164 e. The van der Waals surface area contributed by atoms with Crippen molar-refractivity contribution in [2.45, 2.75) is 0 Å². The first kappa shape index (κ1) is 39.0. The van der Waals surface area contributed by atoms with Crippen LogP contribution in [-0.2, 0) is 0 Å². The standard InChI is InChI=1S/C60H37N7O/c1-5-17-38(18-6-1)55-61-56(39-19-7-2-8-20-39)64-59(63-55)43-29-31-52-49(37-43)47-25-13-15-27-51(47)67(52)46-34-44(42-30-32-54-50(36-42)48-26-14-16-28-53(48)68-54)33-45(35-46)60-65-57(40-21-9-3-10-22-40)62-58(66-60)41-23-11-4-12-24-41/h1-37H. The number of rotatable bonds is 8. The van der Waals surface area contributed by atoms with E-state index in [1.165, 1.54) is 0 Å². The van der Waals surface area contributed by atoms with Crippen molar-refractivity contribution in [2.24, 2.45) is 0 Å². The van der Waals surface area contributed by atoms with E-state index >= 15 is 0 Å². The van der Waals surface area contributed by atoms with Crippen LogP contribution in [0.15, 0.2) is 229 Å². The molecule has 0 N–H and O–H groups in total. The Labute approximate surface area is 390 Å². The van der Waals surface area contributed by atoms with Gasteiger partial charge in [0, 0.05) is 60.6 Å². The Morgan fingerprint density at radius 2 is 0.662 bits per heavy atom. The Morgan fingerprint density at radius 3 is 1.24 bits per heavy atom. The fourth-order valence-corrected chi connectivity index (χ4v) is 9.21. The van der Waals surface area contributed by atoms with Crippen molar-refractivity contribution in [3.8, 4) is 85.1 Å². The Morgan fingerprint density at radius 1 is 0.250 bits per heavy atom. The predicted octanol–water partition coefficient (Wildman–Crippen LogP) is 14.7. The number of fused-ring (bicyclic) bond motifs is 6. The monoisotopic (exact) mass is 871 g/mol. The number of para-hydroxylation sites is 2. The Bertz CT molecular complexity index is 3900. The van der Waals surface area contributed by atoms with E-state index in [4.69, 9.17) is 34.3 Å². The summed E-state index contributed by atoms with van der Waals surface area (Å²) in [6.07, 6.45) is 0. The molecule has 318 valence electrons. The number of hydrogen-bond donors (Lipinski definition) is 0. The van der Waals surface area contributed by atoms with Gasteiger partial charge in [0.2, 0.25) is 0 Å². The van der Waals surface area contributed by atoms with E-state index in [1.807, 2.05) is 133 Å². The summed E-state index contributed by atoms with van der Waals surface area (Å²) in [7, 11) is 0. The lowest BCUT2D eigenvalue weighted by molar-refractivity contribution is 0.669. The van der Waals surface area contributed by atoms with Crippen LogP contribution in [0.2, 0.25) is 0 Å². The molecule has 0 aliphatic carbocycles. The van der Waals surface area contributed by atoms with E-state index in [9.17, 15) is 0 Å². The highest BCUT2D eigenvalue weighted by atomic mass is 16.3. The quantitative estimate of drug-likeness (QED) is 0.150. The van der Waals surface area contributed by atoms with E-state index < -0.39 is 0 Å². The largest absolute Gasteiger partial charge is 0.456 e. The fourth-order valence-electron chi connectivity index (χ4n) is 9.21. The van der Waals surface area contributed by atoms with Crippen LogP contribution in [-0.4, -0.2) is 34.5 Å². The van der Waals surface area contributed by atoms with Gasteiger partial charge in [0.1, 0.15) is 11.2 Å². The van der Waals surface area contributed by atoms with Crippen LogP contribution < -0.4 is 0 Å². The van der Waals surface area contributed by atoms with Gasteiger partial charge in [0.25, 0.3) is 0 Å². The first-order chi connectivity index (χ1) is 33.7. The van der Waals surface area contributed by atoms with Crippen LogP contribution in [0.5, 0.6) is 0 Å². The number of hydrogen-bond acceptors (Lipinski definition) is 7. The fraction of sp³-hybridized carbons (Fsp3) is 0. The summed E-state index contributed by atoms with van der Waals surface area (Å²) in [6.45, 7) is 0. The Balaban J connectivity index is 1.04. The van der Waals surface area contributed by atoms with Gasteiger partial charge in [-0.1, -0.05) is 164 Å². The third kappa shape index (κ3) is 6.96. The van der Waals surface area contributed by atoms with Gasteiger partial charge < -0.3 is 8.98 Å². The molecule has 0 amide bonds. The summed E-state index contributed by atoms with van der Waals surface area (Å²) in [5.74, 6) is 3.60. The van der Waals surface area contributed by atoms with Crippen LogP contribution >= 0.6 is 0 Å². The van der Waals surface area contributed by atoms with Gasteiger partial charge in [-0.2, -0.15) is 0 Å².